The van der Waals surface area contributed by atoms with Crippen LogP contribution in [-0.2, 0) is 0 Å². The van der Waals surface area contributed by atoms with Gasteiger partial charge in [0.1, 0.15) is 5.75 Å². The molecule has 0 aliphatic heterocycles. The Bertz CT molecular complexity index is 921. The molecular formula is C16H14N2O3. The second-order valence-corrected chi connectivity index (χ2v) is 4.77. The number of aromatic nitrogens is 2. The van der Waals surface area contributed by atoms with Crippen molar-refractivity contribution < 1.29 is 4.74 Å². The number of rotatable bonds is 2. The van der Waals surface area contributed by atoms with Gasteiger partial charge in [-0.2, -0.15) is 0 Å². The van der Waals surface area contributed by atoms with Crippen molar-refractivity contribution in [2.75, 3.05) is 7.11 Å². The van der Waals surface area contributed by atoms with E-state index < -0.39 is 5.69 Å². The summed E-state index contributed by atoms with van der Waals surface area (Å²) in [6.45, 7) is 1.85. The maximum atomic E-state index is 12.6. The van der Waals surface area contributed by atoms with Crippen LogP contribution >= 0.6 is 0 Å². The number of H-pyrrole nitrogens is 1. The van der Waals surface area contributed by atoms with Gasteiger partial charge in [-0.3, -0.25) is 4.79 Å². The number of aromatic amines is 1. The third-order valence-electron chi connectivity index (χ3n) is 3.47. The molecule has 0 bridgehead atoms. The molecule has 5 nitrogen and oxygen atoms in total. The second kappa shape index (κ2) is 4.94. The fourth-order valence-electron chi connectivity index (χ4n) is 2.40. The van der Waals surface area contributed by atoms with Crippen molar-refractivity contribution in [2.45, 2.75) is 6.92 Å². The van der Waals surface area contributed by atoms with Crippen LogP contribution in [0.1, 0.15) is 5.56 Å². The Morgan fingerprint density at radius 3 is 2.43 bits per heavy atom. The molecule has 106 valence electrons. The van der Waals surface area contributed by atoms with Crippen LogP contribution in [0.3, 0.4) is 0 Å². The number of nitrogens with zero attached hydrogens (tertiary/aromatic N) is 1. The van der Waals surface area contributed by atoms with Crippen LogP contribution < -0.4 is 16.0 Å². The van der Waals surface area contributed by atoms with Gasteiger partial charge in [0.25, 0.3) is 5.56 Å². The molecule has 3 aromatic rings. The smallest absolute Gasteiger partial charge is 0.333 e. The number of nitrogens with one attached hydrogen (secondary N) is 1. The van der Waals surface area contributed by atoms with Crippen molar-refractivity contribution in [1.29, 1.82) is 0 Å². The van der Waals surface area contributed by atoms with Crippen molar-refractivity contribution in [2.24, 2.45) is 0 Å². The molecule has 3 rings (SSSR count). The number of hydrogen-bond donors (Lipinski definition) is 1. The average molecular weight is 282 g/mol. The molecule has 0 saturated carbocycles. The van der Waals surface area contributed by atoms with Gasteiger partial charge in [-0.05, 0) is 42.8 Å². The lowest BCUT2D eigenvalue weighted by atomic mass is 10.1. The van der Waals surface area contributed by atoms with Crippen LogP contribution in [0, 0.1) is 6.92 Å². The number of aryl methyl sites for hydroxylation is 1. The molecule has 0 fully saturated rings. The third-order valence-corrected chi connectivity index (χ3v) is 3.47. The van der Waals surface area contributed by atoms with Crippen molar-refractivity contribution in [3.8, 4) is 11.4 Å². The molecule has 0 spiro atoms. The van der Waals surface area contributed by atoms with Crippen LogP contribution in [0.2, 0.25) is 0 Å². The van der Waals surface area contributed by atoms with E-state index in [2.05, 4.69) is 4.98 Å². The molecule has 0 amide bonds. The first-order valence-corrected chi connectivity index (χ1v) is 6.51. The van der Waals surface area contributed by atoms with E-state index in [0.29, 0.717) is 22.3 Å². The van der Waals surface area contributed by atoms with Crippen LogP contribution in [0.4, 0.5) is 0 Å². The number of fused-ring (bicyclic) bond motifs is 1. The van der Waals surface area contributed by atoms with E-state index >= 15 is 0 Å². The van der Waals surface area contributed by atoms with Crippen molar-refractivity contribution in [1.82, 2.24) is 9.55 Å². The zero-order chi connectivity index (χ0) is 15.0. The quantitative estimate of drug-likeness (QED) is 0.782. The van der Waals surface area contributed by atoms with Gasteiger partial charge in [0, 0.05) is 0 Å². The molecule has 0 aliphatic carbocycles. The van der Waals surface area contributed by atoms with Crippen LogP contribution in [0.25, 0.3) is 16.6 Å². The zero-order valence-electron chi connectivity index (χ0n) is 11.7. The minimum Gasteiger partial charge on any atom is -0.497 e. The van der Waals surface area contributed by atoms with E-state index in [1.165, 1.54) is 0 Å². The largest absolute Gasteiger partial charge is 0.497 e. The van der Waals surface area contributed by atoms with E-state index in [0.717, 1.165) is 10.1 Å². The molecule has 1 heterocycles. The highest BCUT2D eigenvalue weighted by atomic mass is 16.5. The maximum Gasteiger partial charge on any atom is 0.333 e. The number of hydrogen-bond acceptors (Lipinski definition) is 3. The Morgan fingerprint density at radius 2 is 1.76 bits per heavy atom. The molecule has 5 heteroatoms. The lowest BCUT2D eigenvalue weighted by Gasteiger charge is -2.08. The Kier molecular flexibility index (Phi) is 3.10. The number of benzene rings is 2. The summed E-state index contributed by atoms with van der Waals surface area (Å²) in [4.78, 5) is 27.6. The lowest BCUT2D eigenvalue weighted by molar-refractivity contribution is 0.414. The summed E-state index contributed by atoms with van der Waals surface area (Å²) in [7, 11) is 1.56. The van der Waals surface area contributed by atoms with Crippen molar-refractivity contribution in [3.63, 3.8) is 0 Å². The normalized spacial score (nSPS) is 10.8. The molecule has 0 atom stereocenters. The lowest BCUT2D eigenvalue weighted by Crippen LogP contribution is -2.33. The summed E-state index contributed by atoms with van der Waals surface area (Å²) in [5.41, 5.74) is 1.11. The SMILES string of the molecule is COc1ccc(-n2c(=O)[nH]c3cccc(C)c3c2=O)cc1. The first-order chi connectivity index (χ1) is 10.1. The minimum atomic E-state index is -0.455. The fraction of sp³-hybridized carbons (Fsp3) is 0.125. The van der Waals surface area contributed by atoms with E-state index in [1.54, 1.807) is 37.4 Å². The van der Waals surface area contributed by atoms with Gasteiger partial charge in [-0.1, -0.05) is 12.1 Å². The van der Waals surface area contributed by atoms with Crippen LogP contribution in [0.5, 0.6) is 5.75 Å². The topological polar surface area (TPSA) is 64.1 Å². The predicted molar refractivity (Wildman–Crippen MR) is 81.5 cm³/mol. The Labute approximate surface area is 120 Å². The van der Waals surface area contributed by atoms with Gasteiger partial charge in [0.15, 0.2) is 0 Å². The van der Waals surface area contributed by atoms with Crippen LogP contribution in [-0.4, -0.2) is 16.7 Å². The summed E-state index contributed by atoms with van der Waals surface area (Å²) in [6, 6.07) is 12.2. The van der Waals surface area contributed by atoms with Crippen molar-refractivity contribution in [3.05, 3.63) is 68.9 Å². The Hall–Kier alpha value is -2.82. The average Bonchev–Trinajstić information content (AvgIpc) is 2.47. The van der Waals surface area contributed by atoms with Gasteiger partial charge in [-0.25, -0.2) is 9.36 Å². The van der Waals surface area contributed by atoms with Crippen molar-refractivity contribution >= 4 is 10.9 Å². The summed E-state index contributed by atoms with van der Waals surface area (Å²) < 4.78 is 6.22. The minimum absolute atomic E-state index is 0.322. The summed E-state index contributed by atoms with van der Waals surface area (Å²) in [5, 5.41) is 0.521. The molecule has 1 N–H and O–H groups in total. The molecule has 0 aliphatic rings. The highest BCUT2D eigenvalue weighted by molar-refractivity contribution is 5.81. The van der Waals surface area contributed by atoms with Gasteiger partial charge >= 0.3 is 5.69 Å². The van der Waals surface area contributed by atoms with Gasteiger partial charge in [0.05, 0.1) is 23.7 Å². The molecule has 0 radical (unpaired) electrons. The van der Waals surface area contributed by atoms with E-state index in [9.17, 15) is 9.59 Å². The van der Waals surface area contributed by atoms with Gasteiger partial charge in [-0.15, -0.1) is 0 Å². The third kappa shape index (κ3) is 2.12. The molecule has 0 saturated heterocycles. The molecular weight excluding hydrogens is 268 g/mol. The highest BCUT2D eigenvalue weighted by Crippen LogP contribution is 2.14. The summed E-state index contributed by atoms with van der Waals surface area (Å²) >= 11 is 0. The Balaban J connectivity index is 2.34. The molecule has 0 unspecified atom stereocenters. The standard InChI is InChI=1S/C16H14N2O3/c1-10-4-3-5-13-14(10)15(19)18(16(20)17-13)11-6-8-12(21-2)9-7-11/h3-9H,1-2H3,(H,17,20). The molecule has 1 aromatic heterocycles. The molecule has 21 heavy (non-hydrogen) atoms. The number of methoxy groups -OCH3 is 1. The Morgan fingerprint density at radius 1 is 1.05 bits per heavy atom. The van der Waals surface area contributed by atoms with Gasteiger partial charge in [0.2, 0.25) is 0 Å². The monoisotopic (exact) mass is 282 g/mol. The predicted octanol–water partition coefficient (Wildman–Crippen LogP) is 2.00. The maximum absolute atomic E-state index is 12.6. The van der Waals surface area contributed by atoms with Crippen LogP contribution in [0.15, 0.2) is 52.1 Å². The fourth-order valence-corrected chi connectivity index (χ4v) is 2.40. The second-order valence-electron chi connectivity index (χ2n) is 4.77. The highest BCUT2D eigenvalue weighted by Gasteiger charge is 2.11. The first-order valence-electron chi connectivity index (χ1n) is 6.51. The first kappa shape index (κ1) is 13.2. The summed E-state index contributed by atoms with van der Waals surface area (Å²) in [6.07, 6.45) is 0. The number of ether oxygens (including phenoxy) is 1. The molecule has 2 aromatic carbocycles. The van der Waals surface area contributed by atoms with Gasteiger partial charge < -0.3 is 9.72 Å². The van der Waals surface area contributed by atoms with E-state index in [-0.39, 0.29) is 5.56 Å². The zero-order valence-corrected chi connectivity index (χ0v) is 11.7. The van der Waals surface area contributed by atoms with E-state index in [1.807, 2.05) is 19.1 Å². The summed E-state index contributed by atoms with van der Waals surface area (Å²) in [5.74, 6) is 0.667. The van der Waals surface area contributed by atoms with E-state index in [4.69, 9.17) is 4.74 Å².